The van der Waals surface area contributed by atoms with E-state index in [1.54, 1.807) is 18.1 Å². The molecule has 18 heavy (non-hydrogen) atoms. The van der Waals surface area contributed by atoms with Gasteiger partial charge in [0.1, 0.15) is 11.8 Å². The van der Waals surface area contributed by atoms with Crippen molar-refractivity contribution >= 4 is 11.6 Å². The number of likely N-dealkylation sites (N-methyl/N-ethyl adjacent to an activating group) is 1. The maximum Gasteiger partial charge on any atom is 0.246 e. The summed E-state index contributed by atoms with van der Waals surface area (Å²) in [5.41, 5.74) is 6.54. The van der Waals surface area contributed by atoms with Crippen molar-refractivity contribution in [3.8, 4) is 5.75 Å². The van der Waals surface area contributed by atoms with Gasteiger partial charge < -0.3 is 20.1 Å². The first-order chi connectivity index (χ1) is 8.63. The van der Waals surface area contributed by atoms with Crippen LogP contribution in [0.15, 0.2) is 24.3 Å². The highest BCUT2D eigenvalue weighted by Crippen LogP contribution is 2.21. The predicted molar refractivity (Wildman–Crippen MR) is 70.9 cm³/mol. The third kappa shape index (κ3) is 3.45. The minimum absolute atomic E-state index is 0.160. The minimum Gasteiger partial charge on any atom is -0.497 e. The number of hydrogen-bond acceptors (Lipinski definition) is 4. The van der Waals surface area contributed by atoms with Gasteiger partial charge in [0.2, 0.25) is 5.91 Å². The van der Waals surface area contributed by atoms with Crippen LogP contribution < -0.4 is 15.4 Å². The number of methoxy groups -OCH3 is 2. The van der Waals surface area contributed by atoms with Crippen molar-refractivity contribution in [2.75, 3.05) is 32.3 Å². The van der Waals surface area contributed by atoms with Crippen LogP contribution in [-0.2, 0) is 9.53 Å². The van der Waals surface area contributed by atoms with Gasteiger partial charge >= 0.3 is 0 Å². The number of hydrogen-bond donors (Lipinski definition) is 1. The molecule has 0 aliphatic carbocycles. The predicted octanol–water partition coefficient (Wildman–Crippen LogP) is 1.02. The molecule has 0 heterocycles. The van der Waals surface area contributed by atoms with Crippen molar-refractivity contribution in [2.24, 2.45) is 5.73 Å². The summed E-state index contributed by atoms with van der Waals surface area (Å²) in [5, 5.41) is 0. The van der Waals surface area contributed by atoms with Gasteiger partial charge in [-0.15, -0.1) is 0 Å². The molecule has 1 atom stereocenters. The standard InChI is InChI=1S/C13H20N2O3/c1-4-15(13(16)12(14)9-17-2)10-6-5-7-11(8-10)18-3/h5-8,12H,4,9,14H2,1-3H3. The third-order valence-electron chi connectivity index (χ3n) is 2.61. The summed E-state index contributed by atoms with van der Waals surface area (Å²) in [5.74, 6) is 0.548. The largest absolute Gasteiger partial charge is 0.497 e. The van der Waals surface area contributed by atoms with Crippen molar-refractivity contribution in [1.29, 1.82) is 0 Å². The van der Waals surface area contributed by atoms with Gasteiger partial charge in [0.05, 0.1) is 13.7 Å². The number of carbonyl (C=O) groups excluding carboxylic acids is 1. The molecule has 1 unspecified atom stereocenters. The number of carbonyl (C=O) groups is 1. The van der Waals surface area contributed by atoms with E-state index in [1.807, 2.05) is 25.1 Å². The second kappa shape index (κ2) is 6.98. The monoisotopic (exact) mass is 252 g/mol. The summed E-state index contributed by atoms with van der Waals surface area (Å²) in [6.45, 7) is 2.65. The summed E-state index contributed by atoms with van der Waals surface area (Å²) in [6, 6.07) is 6.67. The summed E-state index contributed by atoms with van der Waals surface area (Å²) >= 11 is 0. The lowest BCUT2D eigenvalue weighted by atomic mass is 10.2. The molecule has 0 aromatic heterocycles. The number of amides is 1. The fourth-order valence-electron chi connectivity index (χ4n) is 1.70. The summed E-state index contributed by atoms with van der Waals surface area (Å²) in [6.07, 6.45) is 0. The Bertz CT molecular complexity index is 396. The normalized spacial score (nSPS) is 12.0. The molecule has 5 heteroatoms. The van der Waals surface area contributed by atoms with Crippen LogP contribution in [-0.4, -0.2) is 39.3 Å². The van der Waals surface area contributed by atoms with Gasteiger partial charge in [0.15, 0.2) is 0 Å². The Morgan fingerprint density at radius 3 is 2.72 bits per heavy atom. The van der Waals surface area contributed by atoms with E-state index in [1.165, 1.54) is 7.11 Å². The average Bonchev–Trinajstić information content (AvgIpc) is 2.40. The highest BCUT2D eigenvalue weighted by Gasteiger charge is 2.21. The number of anilines is 1. The van der Waals surface area contributed by atoms with Crippen LogP contribution in [0.2, 0.25) is 0 Å². The van der Waals surface area contributed by atoms with Crippen molar-refractivity contribution in [3.05, 3.63) is 24.3 Å². The van der Waals surface area contributed by atoms with E-state index in [2.05, 4.69) is 0 Å². The van der Waals surface area contributed by atoms with Crippen LogP contribution in [0.4, 0.5) is 5.69 Å². The SMILES string of the molecule is CCN(C(=O)C(N)COC)c1cccc(OC)c1. The second-order valence-electron chi connectivity index (χ2n) is 3.85. The van der Waals surface area contributed by atoms with Crippen molar-refractivity contribution in [3.63, 3.8) is 0 Å². The van der Waals surface area contributed by atoms with Crippen LogP contribution in [0.1, 0.15) is 6.92 Å². The Morgan fingerprint density at radius 1 is 1.44 bits per heavy atom. The lowest BCUT2D eigenvalue weighted by Crippen LogP contribution is -2.46. The Labute approximate surface area is 107 Å². The quantitative estimate of drug-likeness (QED) is 0.821. The zero-order valence-corrected chi connectivity index (χ0v) is 11.1. The van der Waals surface area contributed by atoms with Gasteiger partial charge in [-0.05, 0) is 19.1 Å². The van der Waals surface area contributed by atoms with E-state index in [0.717, 1.165) is 5.69 Å². The maximum atomic E-state index is 12.1. The minimum atomic E-state index is -0.652. The summed E-state index contributed by atoms with van der Waals surface area (Å²) in [7, 11) is 3.11. The fraction of sp³-hybridized carbons (Fsp3) is 0.462. The lowest BCUT2D eigenvalue weighted by Gasteiger charge is -2.24. The fourth-order valence-corrected chi connectivity index (χ4v) is 1.70. The van der Waals surface area contributed by atoms with Gasteiger partial charge in [-0.1, -0.05) is 6.07 Å². The Kier molecular flexibility index (Phi) is 5.61. The molecule has 0 radical (unpaired) electrons. The zero-order valence-electron chi connectivity index (χ0n) is 11.1. The molecule has 0 spiro atoms. The molecule has 1 aromatic carbocycles. The molecule has 0 aliphatic heterocycles. The van der Waals surface area contributed by atoms with Gasteiger partial charge in [-0.2, -0.15) is 0 Å². The average molecular weight is 252 g/mol. The third-order valence-corrected chi connectivity index (χ3v) is 2.61. The van der Waals surface area contributed by atoms with Crippen LogP contribution >= 0.6 is 0 Å². The maximum absolute atomic E-state index is 12.1. The van der Waals surface area contributed by atoms with Gasteiger partial charge in [-0.3, -0.25) is 4.79 Å². The van der Waals surface area contributed by atoms with E-state index < -0.39 is 6.04 Å². The first-order valence-electron chi connectivity index (χ1n) is 5.84. The molecular formula is C13H20N2O3. The molecule has 0 bridgehead atoms. The number of rotatable bonds is 6. The molecule has 0 fully saturated rings. The van der Waals surface area contributed by atoms with E-state index in [0.29, 0.717) is 12.3 Å². The zero-order chi connectivity index (χ0) is 13.5. The van der Waals surface area contributed by atoms with Crippen LogP contribution in [0.25, 0.3) is 0 Å². The van der Waals surface area contributed by atoms with Crippen LogP contribution in [0, 0.1) is 0 Å². The first kappa shape index (κ1) is 14.5. The molecule has 0 saturated carbocycles. The number of nitrogens with zero attached hydrogens (tertiary/aromatic N) is 1. The van der Waals surface area contributed by atoms with Crippen molar-refractivity contribution < 1.29 is 14.3 Å². The number of ether oxygens (including phenoxy) is 2. The van der Waals surface area contributed by atoms with Gasteiger partial charge in [0, 0.05) is 25.4 Å². The van der Waals surface area contributed by atoms with E-state index in [4.69, 9.17) is 15.2 Å². The topological polar surface area (TPSA) is 64.8 Å². The lowest BCUT2D eigenvalue weighted by molar-refractivity contribution is -0.120. The molecule has 5 nitrogen and oxygen atoms in total. The molecule has 1 rings (SSSR count). The van der Waals surface area contributed by atoms with Crippen molar-refractivity contribution in [2.45, 2.75) is 13.0 Å². The summed E-state index contributed by atoms with van der Waals surface area (Å²) < 4.78 is 10.0. The smallest absolute Gasteiger partial charge is 0.246 e. The Balaban J connectivity index is 2.91. The van der Waals surface area contributed by atoms with E-state index in [-0.39, 0.29) is 12.5 Å². The molecule has 1 amide bonds. The Hall–Kier alpha value is -1.59. The van der Waals surface area contributed by atoms with E-state index >= 15 is 0 Å². The molecule has 100 valence electrons. The molecule has 0 aliphatic rings. The van der Waals surface area contributed by atoms with Crippen LogP contribution in [0.5, 0.6) is 5.75 Å². The Morgan fingerprint density at radius 2 is 2.17 bits per heavy atom. The first-order valence-corrected chi connectivity index (χ1v) is 5.84. The second-order valence-corrected chi connectivity index (χ2v) is 3.85. The van der Waals surface area contributed by atoms with Crippen LogP contribution in [0.3, 0.4) is 0 Å². The molecule has 2 N–H and O–H groups in total. The molecular weight excluding hydrogens is 232 g/mol. The summed E-state index contributed by atoms with van der Waals surface area (Å²) in [4.78, 5) is 13.8. The highest BCUT2D eigenvalue weighted by atomic mass is 16.5. The highest BCUT2D eigenvalue weighted by molar-refractivity contribution is 5.97. The molecule has 0 saturated heterocycles. The van der Waals surface area contributed by atoms with E-state index in [9.17, 15) is 4.79 Å². The van der Waals surface area contributed by atoms with Crippen molar-refractivity contribution in [1.82, 2.24) is 0 Å². The molecule has 1 aromatic rings. The number of nitrogens with two attached hydrogens (primary N) is 1. The number of benzene rings is 1. The van der Waals surface area contributed by atoms with Gasteiger partial charge in [0.25, 0.3) is 0 Å². The van der Waals surface area contributed by atoms with Gasteiger partial charge in [-0.25, -0.2) is 0 Å².